The van der Waals surface area contributed by atoms with Gasteiger partial charge in [0, 0.05) is 6.54 Å². The van der Waals surface area contributed by atoms with Crippen molar-refractivity contribution in [3.8, 4) is 0 Å². The Labute approximate surface area is 113 Å². The maximum atomic E-state index is 11.9. The number of hydrogen-bond acceptors (Lipinski definition) is 4. The molecule has 3 unspecified atom stereocenters. The first kappa shape index (κ1) is 14.1. The number of carbonyl (C=O) groups is 1. The van der Waals surface area contributed by atoms with Crippen LogP contribution >= 0.6 is 0 Å². The van der Waals surface area contributed by atoms with Crippen molar-refractivity contribution < 1.29 is 14.3 Å². The van der Waals surface area contributed by atoms with Crippen LogP contribution in [-0.2, 0) is 4.79 Å². The molecule has 2 rings (SSSR count). The maximum Gasteiger partial charge on any atom is 0.234 e. The van der Waals surface area contributed by atoms with E-state index in [1.54, 1.807) is 6.26 Å². The van der Waals surface area contributed by atoms with E-state index in [-0.39, 0.29) is 24.0 Å². The second-order valence-electron chi connectivity index (χ2n) is 5.33. The molecule has 1 amide bonds. The van der Waals surface area contributed by atoms with Crippen molar-refractivity contribution in [3.63, 3.8) is 0 Å². The lowest BCUT2D eigenvalue weighted by molar-refractivity contribution is -0.122. The minimum absolute atomic E-state index is 0.00450. The van der Waals surface area contributed by atoms with Gasteiger partial charge in [0.1, 0.15) is 5.76 Å². The molecule has 3 atom stereocenters. The van der Waals surface area contributed by atoms with Crippen LogP contribution in [0.2, 0.25) is 0 Å². The Morgan fingerprint density at radius 1 is 1.63 bits per heavy atom. The minimum Gasteiger partial charge on any atom is -0.467 e. The summed E-state index contributed by atoms with van der Waals surface area (Å²) in [6.45, 7) is 5.76. The fourth-order valence-electron chi connectivity index (χ4n) is 2.50. The normalized spacial score (nSPS) is 23.2. The van der Waals surface area contributed by atoms with Crippen LogP contribution in [0.1, 0.15) is 32.1 Å². The molecule has 1 aromatic heterocycles. The molecule has 5 heteroatoms. The van der Waals surface area contributed by atoms with Gasteiger partial charge in [-0.25, -0.2) is 0 Å². The number of nitrogens with zero attached hydrogens (tertiary/aromatic N) is 1. The van der Waals surface area contributed by atoms with E-state index in [1.807, 2.05) is 26.0 Å². The molecule has 0 bridgehead atoms. The Hall–Kier alpha value is -1.33. The van der Waals surface area contributed by atoms with Crippen molar-refractivity contribution in [2.75, 3.05) is 19.6 Å². The van der Waals surface area contributed by atoms with Gasteiger partial charge in [-0.2, -0.15) is 0 Å². The number of amides is 1. The molecule has 1 saturated heterocycles. The molecule has 0 aliphatic carbocycles. The quantitative estimate of drug-likeness (QED) is 0.839. The van der Waals surface area contributed by atoms with Crippen molar-refractivity contribution in [2.24, 2.45) is 5.92 Å². The van der Waals surface area contributed by atoms with Crippen molar-refractivity contribution in [3.05, 3.63) is 24.2 Å². The molecule has 1 aromatic rings. The third kappa shape index (κ3) is 3.81. The van der Waals surface area contributed by atoms with E-state index >= 15 is 0 Å². The van der Waals surface area contributed by atoms with Gasteiger partial charge < -0.3 is 14.8 Å². The molecule has 106 valence electrons. The first-order valence-electron chi connectivity index (χ1n) is 6.79. The van der Waals surface area contributed by atoms with Crippen molar-refractivity contribution >= 4 is 5.91 Å². The topological polar surface area (TPSA) is 65.7 Å². The molecule has 0 aromatic carbocycles. The fraction of sp³-hybridized carbons (Fsp3) is 0.643. The molecule has 2 N–H and O–H groups in total. The van der Waals surface area contributed by atoms with Gasteiger partial charge in [0.15, 0.2) is 0 Å². The summed E-state index contributed by atoms with van der Waals surface area (Å²) in [5.74, 6) is 1.04. The zero-order chi connectivity index (χ0) is 13.8. The number of aliphatic hydroxyl groups is 1. The van der Waals surface area contributed by atoms with Gasteiger partial charge in [0.05, 0.1) is 25.0 Å². The van der Waals surface area contributed by atoms with E-state index in [0.717, 1.165) is 25.3 Å². The molecule has 19 heavy (non-hydrogen) atoms. The van der Waals surface area contributed by atoms with Crippen LogP contribution < -0.4 is 5.32 Å². The standard InChI is InChI=1S/C14H22N2O3/c1-10(13-4-3-7-19-13)15-14(18)9-16-6-5-12(8-16)11(2)17/h3-4,7,10-12,17H,5-6,8-9H2,1-2H3,(H,15,18). The number of nitrogens with one attached hydrogen (secondary N) is 1. The van der Waals surface area contributed by atoms with E-state index in [1.165, 1.54) is 0 Å². The molecule has 0 radical (unpaired) electrons. The van der Waals surface area contributed by atoms with Gasteiger partial charge >= 0.3 is 0 Å². The van der Waals surface area contributed by atoms with Crippen molar-refractivity contribution in [2.45, 2.75) is 32.4 Å². The lowest BCUT2D eigenvalue weighted by Crippen LogP contribution is -2.37. The van der Waals surface area contributed by atoms with Crippen LogP contribution in [0.25, 0.3) is 0 Å². The van der Waals surface area contributed by atoms with Crippen LogP contribution in [-0.4, -0.2) is 41.7 Å². The van der Waals surface area contributed by atoms with Crippen LogP contribution in [0.3, 0.4) is 0 Å². The summed E-state index contributed by atoms with van der Waals surface area (Å²) in [7, 11) is 0. The Morgan fingerprint density at radius 3 is 3.00 bits per heavy atom. The monoisotopic (exact) mass is 266 g/mol. The largest absolute Gasteiger partial charge is 0.467 e. The lowest BCUT2D eigenvalue weighted by Gasteiger charge is -2.18. The highest BCUT2D eigenvalue weighted by Crippen LogP contribution is 2.19. The summed E-state index contributed by atoms with van der Waals surface area (Å²) >= 11 is 0. The smallest absolute Gasteiger partial charge is 0.234 e. The highest BCUT2D eigenvalue weighted by Gasteiger charge is 2.27. The van der Waals surface area contributed by atoms with Crippen molar-refractivity contribution in [1.29, 1.82) is 0 Å². The summed E-state index contributed by atoms with van der Waals surface area (Å²) in [6.07, 6.45) is 2.26. The first-order chi connectivity index (χ1) is 9.06. The average Bonchev–Trinajstić information content (AvgIpc) is 2.98. The van der Waals surface area contributed by atoms with Gasteiger partial charge in [-0.3, -0.25) is 9.69 Å². The Kier molecular flexibility index (Phi) is 4.61. The summed E-state index contributed by atoms with van der Waals surface area (Å²) in [5.41, 5.74) is 0. The van der Waals surface area contributed by atoms with Crippen LogP contribution in [0.15, 0.2) is 22.8 Å². The molecule has 0 saturated carbocycles. The van der Waals surface area contributed by atoms with E-state index in [9.17, 15) is 9.90 Å². The molecular weight excluding hydrogens is 244 g/mol. The Bertz CT molecular complexity index is 403. The predicted molar refractivity (Wildman–Crippen MR) is 71.5 cm³/mol. The second kappa shape index (κ2) is 6.21. The molecular formula is C14H22N2O3. The molecule has 1 aliphatic rings. The highest BCUT2D eigenvalue weighted by molar-refractivity contribution is 5.78. The predicted octanol–water partition coefficient (Wildman–Crippen LogP) is 1.16. The van der Waals surface area contributed by atoms with Gasteiger partial charge in [0.2, 0.25) is 5.91 Å². The average molecular weight is 266 g/mol. The van der Waals surface area contributed by atoms with E-state index in [0.29, 0.717) is 6.54 Å². The fourth-order valence-corrected chi connectivity index (χ4v) is 2.50. The van der Waals surface area contributed by atoms with Gasteiger partial charge in [-0.05, 0) is 44.9 Å². The number of furan rings is 1. The highest BCUT2D eigenvalue weighted by atomic mass is 16.3. The zero-order valence-electron chi connectivity index (χ0n) is 11.5. The number of hydrogen-bond donors (Lipinski definition) is 2. The first-order valence-corrected chi connectivity index (χ1v) is 6.79. The van der Waals surface area contributed by atoms with Gasteiger partial charge in [0.25, 0.3) is 0 Å². The number of carbonyl (C=O) groups excluding carboxylic acids is 1. The van der Waals surface area contributed by atoms with E-state index < -0.39 is 0 Å². The van der Waals surface area contributed by atoms with Gasteiger partial charge in [-0.15, -0.1) is 0 Å². The number of aliphatic hydroxyl groups excluding tert-OH is 1. The van der Waals surface area contributed by atoms with Crippen LogP contribution in [0.4, 0.5) is 0 Å². The summed E-state index contributed by atoms with van der Waals surface area (Å²) in [6, 6.07) is 3.55. The summed E-state index contributed by atoms with van der Waals surface area (Å²) in [5, 5.41) is 12.5. The molecule has 1 aliphatic heterocycles. The third-order valence-corrected chi connectivity index (χ3v) is 3.71. The molecule has 5 nitrogen and oxygen atoms in total. The number of rotatable bonds is 5. The van der Waals surface area contributed by atoms with Crippen LogP contribution in [0.5, 0.6) is 0 Å². The molecule has 0 spiro atoms. The molecule has 2 heterocycles. The zero-order valence-corrected chi connectivity index (χ0v) is 11.5. The summed E-state index contributed by atoms with van der Waals surface area (Å²) < 4.78 is 5.25. The summed E-state index contributed by atoms with van der Waals surface area (Å²) in [4.78, 5) is 14.0. The maximum absolute atomic E-state index is 11.9. The second-order valence-corrected chi connectivity index (χ2v) is 5.33. The third-order valence-electron chi connectivity index (χ3n) is 3.71. The SMILES string of the molecule is CC(NC(=O)CN1CCC(C(C)O)C1)c1ccco1. The Morgan fingerprint density at radius 2 is 2.42 bits per heavy atom. The lowest BCUT2D eigenvalue weighted by atomic mass is 10.0. The van der Waals surface area contributed by atoms with E-state index in [4.69, 9.17) is 4.42 Å². The number of likely N-dealkylation sites (tertiary alicyclic amines) is 1. The van der Waals surface area contributed by atoms with Crippen LogP contribution in [0, 0.1) is 5.92 Å². The van der Waals surface area contributed by atoms with Crippen molar-refractivity contribution in [1.82, 2.24) is 10.2 Å². The molecule has 1 fully saturated rings. The minimum atomic E-state index is -0.296. The Balaban J connectivity index is 1.76. The van der Waals surface area contributed by atoms with E-state index in [2.05, 4.69) is 10.2 Å². The van der Waals surface area contributed by atoms with Gasteiger partial charge in [-0.1, -0.05) is 0 Å².